The number of fused-ring (bicyclic) bond motifs is 1. The first kappa shape index (κ1) is 12.1. The second kappa shape index (κ2) is 4.62. The fourth-order valence-electron chi connectivity index (χ4n) is 2.03. The van der Waals surface area contributed by atoms with Gasteiger partial charge >= 0.3 is 5.97 Å². The second-order valence-corrected chi connectivity index (χ2v) is 4.32. The van der Waals surface area contributed by atoms with Gasteiger partial charge in [-0.1, -0.05) is 24.3 Å². The topological polar surface area (TPSA) is 89.1 Å². The number of pyridine rings is 2. The maximum absolute atomic E-state index is 10.8. The Hall–Kier alpha value is -2.95. The summed E-state index contributed by atoms with van der Waals surface area (Å²) in [5.41, 5.74) is 7.90. The van der Waals surface area contributed by atoms with E-state index in [-0.39, 0.29) is 11.5 Å². The van der Waals surface area contributed by atoms with E-state index in [1.807, 2.05) is 36.4 Å². The number of anilines is 1. The lowest BCUT2D eigenvalue weighted by Gasteiger charge is -2.06. The highest BCUT2D eigenvalue weighted by Gasteiger charge is 2.10. The van der Waals surface area contributed by atoms with Gasteiger partial charge in [0, 0.05) is 10.9 Å². The molecule has 0 saturated carbocycles. The highest BCUT2D eigenvalue weighted by Crippen LogP contribution is 2.25. The van der Waals surface area contributed by atoms with Gasteiger partial charge in [-0.15, -0.1) is 0 Å². The zero-order valence-electron chi connectivity index (χ0n) is 10.4. The number of aromatic carboxylic acids is 1. The number of aromatic nitrogens is 2. The fraction of sp³-hybridized carbons (Fsp3) is 0. The van der Waals surface area contributed by atoms with Crippen LogP contribution in [0.15, 0.2) is 48.5 Å². The van der Waals surface area contributed by atoms with Crippen LogP contribution < -0.4 is 5.73 Å². The van der Waals surface area contributed by atoms with Crippen LogP contribution in [-0.2, 0) is 0 Å². The summed E-state index contributed by atoms with van der Waals surface area (Å²) in [5, 5.41) is 9.91. The molecule has 0 atom stereocenters. The molecular weight excluding hydrogens is 254 g/mol. The van der Waals surface area contributed by atoms with Gasteiger partial charge in [0.25, 0.3) is 0 Å². The van der Waals surface area contributed by atoms with Crippen LogP contribution in [0.5, 0.6) is 0 Å². The molecule has 0 saturated heterocycles. The molecule has 0 unspecified atom stereocenters. The molecular formula is C15H11N3O2. The molecule has 0 bridgehead atoms. The number of nitrogens with zero attached hydrogens (tertiary/aromatic N) is 2. The van der Waals surface area contributed by atoms with E-state index in [0.717, 1.165) is 10.9 Å². The van der Waals surface area contributed by atoms with Crippen LogP contribution >= 0.6 is 0 Å². The molecule has 98 valence electrons. The predicted molar refractivity (Wildman–Crippen MR) is 76.3 cm³/mol. The van der Waals surface area contributed by atoms with E-state index in [1.54, 1.807) is 6.07 Å². The number of benzene rings is 1. The fourth-order valence-corrected chi connectivity index (χ4v) is 2.03. The number of nitrogen functional groups attached to an aromatic ring is 1. The summed E-state index contributed by atoms with van der Waals surface area (Å²) in [6.07, 6.45) is 0. The molecule has 3 aromatic rings. The number of para-hydroxylation sites is 1. The van der Waals surface area contributed by atoms with Crippen molar-refractivity contribution in [3.63, 3.8) is 0 Å². The lowest BCUT2D eigenvalue weighted by atomic mass is 10.1. The largest absolute Gasteiger partial charge is 0.477 e. The first-order valence-corrected chi connectivity index (χ1v) is 6.01. The molecule has 2 aromatic heterocycles. The standard InChI is InChI=1S/C15H11N3O2/c16-14-10(6-8-13(18-14)15(19)20)12-7-5-9-3-1-2-4-11(9)17-12/h1-8H,(H2,16,18)(H,19,20). The quantitative estimate of drug-likeness (QED) is 0.743. The molecule has 0 aliphatic heterocycles. The summed E-state index contributed by atoms with van der Waals surface area (Å²) < 4.78 is 0. The van der Waals surface area contributed by atoms with Crippen LogP contribution in [0.3, 0.4) is 0 Å². The number of carboxylic acids is 1. The molecule has 0 amide bonds. The van der Waals surface area contributed by atoms with Gasteiger partial charge in [0.1, 0.15) is 5.82 Å². The Morgan fingerprint density at radius 1 is 1.00 bits per heavy atom. The lowest BCUT2D eigenvalue weighted by molar-refractivity contribution is 0.0690. The first-order chi connectivity index (χ1) is 9.65. The minimum Gasteiger partial charge on any atom is -0.477 e. The van der Waals surface area contributed by atoms with Crippen LogP contribution in [0.2, 0.25) is 0 Å². The molecule has 3 rings (SSSR count). The van der Waals surface area contributed by atoms with Crippen LogP contribution in [-0.4, -0.2) is 21.0 Å². The summed E-state index contributed by atoms with van der Waals surface area (Å²) in [5.74, 6) is -0.942. The average Bonchev–Trinajstić information content (AvgIpc) is 2.46. The van der Waals surface area contributed by atoms with E-state index in [1.165, 1.54) is 6.07 Å². The van der Waals surface area contributed by atoms with Crippen molar-refractivity contribution in [2.45, 2.75) is 0 Å². The number of carbonyl (C=O) groups is 1. The number of hydrogen-bond donors (Lipinski definition) is 2. The van der Waals surface area contributed by atoms with Crippen LogP contribution in [0.25, 0.3) is 22.2 Å². The van der Waals surface area contributed by atoms with Crippen molar-refractivity contribution < 1.29 is 9.90 Å². The zero-order chi connectivity index (χ0) is 14.1. The number of carboxylic acid groups (broad SMARTS) is 1. The number of nitrogens with two attached hydrogens (primary N) is 1. The summed E-state index contributed by atoms with van der Waals surface area (Å²) >= 11 is 0. The van der Waals surface area contributed by atoms with E-state index in [4.69, 9.17) is 10.8 Å². The normalized spacial score (nSPS) is 10.6. The zero-order valence-corrected chi connectivity index (χ0v) is 10.4. The van der Waals surface area contributed by atoms with Gasteiger partial charge < -0.3 is 10.8 Å². The van der Waals surface area contributed by atoms with E-state index in [2.05, 4.69) is 9.97 Å². The van der Waals surface area contributed by atoms with E-state index in [9.17, 15) is 4.79 Å². The van der Waals surface area contributed by atoms with Gasteiger partial charge in [0.15, 0.2) is 5.69 Å². The van der Waals surface area contributed by atoms with Crippen molar-refractivity contribution in [2.75, 3.05) is 5.73 Å². The third-order valence-corrected chi connectivity index (χ3v) is 3.02. The predicted octanol–water partition coefficient (Wildman–Crippen LogP) is 2.58. The molecule has 3 N–H and O–H groups in total. The first-order valence-electron chi connectivity index (χ1n) is 6.01. The monoisotopic (exact) mass is 265 g/mol. The molecule has 5 nitrogen and oxygen atoms in total. The maximum atomic E-state index is 10.8. The minimum absolute atomic E-state index is 0.0768. The average molecular weight is 265 g/mol. The van der Waals surface area contributed by atoms with Gasteiger partial charge in [-0.3, -0.25) is 0 Å². The SMILES string of the molecule is Nc1nc(C(=O)O)ccc1-c1ccc2ccccc2n1. The van der Waals surface area contributed by atoms with E-state index < -0.39 is 5.97 Å². The molecule has 0 fully saturated rings. The van der Waals surface area contributed by atoms with Gasteiger partial charge in [0.2, 0.25) is 0 Å². The van der Waals surface area contributed by atoms with Crippen LogP contribution in [0.4, 0.5) is 5.82 Å². The Balaban J connectivity index is 2.13. The molecule has 2 heterocycles. The highest BCUT2D eigenvalue weighted by molar-refractivity contribution is 5.88. The van der Waals surface area contributed by atoms with E-state index >= 15 is 0 Å². The highest BCUT2D eigenvalue weighted by atomic mass is 16.4. The Bertz CT molecular complexity index is 815. The van der Waals surface area contributed by atoms with Crippen molar-refractivity contribution >= 4 is 22.7 Å². The minimum atomic E-state index is -1.10. The Labute approximate surface area is 114 Å². The Kier molecular flexibility index (Phi) is 2.80. The third kappa shape index (κ3) is 2.05. The Morgan fingerprint density at radius 2 is 1.80 bits per heavy atom. The number of hydrogen-bond acceptors (Lipinski definition) is 4. The summed E-state index contributed by atoms with van der Waals surface area (Å²) in [6, 6.07) is 14.6. The van der Waals surface area contributed by atoms with E-state index in [0.29, 0.717) is 11.3 Å². The second-order valence-electron chi connectivity index (χ2n) is 4.32. The van der Waals surface area contributed by atoms with Gasteiger partial charge in [-0.2, -0.15) is 0 Å². The summed E-state index contributed by atoms with van der Waals surface area (Å²) in [6.45, 7) is 0. The maximum Gasteiger partial charge on any atom is 0.354 e. The van der Waals surface area contributed by atoms with Crippen molar-refractivity contribution in [3.8, 4) is 11.3 Å². The molecule has 1 aromatic carbocycles. The molecule has 20 heavy (non-hydrogen) atoms. The molecule has 0 aliphatic carbocycles. The summed E-state index contributed by atoms with van der Waals surface area (Å²) in [4.78, 5) is 19.2. The van der Waals surface area contributed by atoms with Gasteiger partial charge in [-0.05, 0) is 24.3 Å². The Morgan fingerprint density at radius 3 is 2.55 bits per heavy atom. The molecule has 0 aliphatic rings. The van der Waals surface area contributed by atoms with Crippen LogP contribution in [0.1, 0.15) is 10.5 Å². The van der Waals surface area contributed by atoms with Crippen LogP contribution in [0, 0.1) is 0 Å². The van der Waals surface area contributed by atoms with Crippen molar-refractivity contribution in [2.24, 2.45) is 0 Å². The molecule has 5 heteroatoms. The van der Waals surface area contributed by atoms with Gasteiger partial charge in [-0.25, -0.2) is 14.8 Å². The molecule has 0 spiro atoms. The molecule has 0 radical (unpaired) electrons. The van der Waals surface area contributed by atoms with Crippen molar-refractivity contribution in [1.82, 2.24) is 9.97 Å². The van der Waals surface area contributed by atoms with Gasteiger partial charge in [0.05, 0.1) is 11.2 Å². The summed E-state index contributed by atoms with van der Waals surface area (Å²) in [7, 11) is 0. The third-order valence-electron chi connectivity index (χ3n) is 3.02. The lowest BCUT2D eigenvalue weighted by Crippen LogP contribution is -2.04. The van der Waals surface area contributed by atoms with Crippen molar-refractivity contribution in [3.05, 3.63) is 54.2 Å². The smallest absolute Gasteiger partial charge is 0.354 e. The van der Waals surface area contributed by atoms with Crippen molar-refractivity contribution in [1.29, 1.82) is 0 Å². The number of rotatable bonds is 2.